The molecule has 0 aliphatic rings. The van der Waals surface area contributed by atoms with Gasteiger partial charge in [0.2, 0.25) is 0 Å². The molecule has 168 valence electrons. The second kappa shape index (κ2) is 10.8. The minimum Gasteiger partial charge on any atom is -0.490 e. The molecule has 34 heavy (non-hydrogen) atoms. The average molecular weight is 450 g/mol. The number of allylic oxidation sites excluding steroid dienone is 1. The van der Waals surface area contributed by atoms with Crippen LogP contribution in [0.25, 0.3) is 22.6 Å². The lowest BCUT2D eigenvalue weighted by atomic mass is 10.1. The number of anilines is 1. The molecule has 0 spiro atoms. The molecular weight excluding hydrogens is 426 g/mol. The zero-order valence-electron chi connectivity index (χ0n) is 18.7. The summed E-state index contributed by atoms with van der Waals surface area (Å²) in [5.41, 5.74) is 3.32. The quantitative estimate of drug-likeness (QED) is 0.348. The highest BCUT2D eigenvalue weighted by atomic mass is 16.5. The Hall–Kier alpha value is -4.63. The summed E-state index contributed by atoms with van der Waals surface area (Å²) in [4.78, 5) is 16.8. The van der Waals surface area contributed by atoms with E-state index in [0.717, 1.165) is 16.5 Å². The second-order valence-corrected chi connectivity index (χ2v) is 7.40. The zero-order valence-corrected chi connectivity index (χ0v) is 18.7. The summed E-state index contributed by atoms with van der Waals surface area (Å²) in [7, 11) is 0. The number of nitrogens with zero attached hydrogens (tertiary/aromatic N) is 2. The van der Waals surface area contributed by atoms with Crippen molar-refractivity contribution in [3.8, 4) is 17.6 Å². The van der Waals surface area contributed by atoms with Crippen LogP contribution in [0.3, 0.4) is 0 Å². The van der Waals surface area contributed by atoms with E-state index in [1.165, 1.54) is 0 Å². The molecule has 0 saturated carbocycles. The summed E-state index contributed by atoms with van der Waals surface area (Å²) in [6, 6.07) is 28.3. The van der Waals surface area contributed by atoms with Gasteiger partial charge in [0, 0.05) is 11.1 Å². The van der Waals surface area contributed by atoms with E-state index in [2.05, 4.69) is 16.4 Å². The minimum absolute atomic E-state index is 0.158. The van der Waals surface area contributed by atoms with Gasteiger partial charge in [0.05, 0.1) is 23.4 Å². The first-order chi connectivity index (χ1) is 16.7. The molecule has 1 heterocycles. The number of benzene rings is 3. The SMILES string of the molecule is CCOc1cc(/C=C(\C#N)c2ccc3ccccc3n2)ccc1OCC(=O)Nc1ccccc1. The fraction of sp³-hybridized carbons (Fsp3) is 0.107. The third-order valence-corrected chi connectivity index (χ3v) is 4.99. The van der Waals surface area contributed by atoms with Crippen molar-refractivity contribution >= 4 is 34.1 Å². The molecule has 0 fully saturated rings. The van der Waals surface area contributed by atoms with Crippen molar-refractivity contribution in [3.63, 3.8) is 0 Å². The number of nitriles is 1. The molecule has 4 rings (SSSR count). The molecule has 3 aromatic carbocycles. The van der Waals surface area contributed by atoms with Gasteiger partial charge >= 0.3 is 0 Å². The summed E-state index contributed by atoms with van der Waals surface area (Å²) in [5.74, 6) is 0.670. The number of nitrogens with one attached hydrogen (secondary N) is 1. The molecule has 4 aromatic rings. The molecule has 0 aliphatic carbocycles. The van der Waals surface area contributed by atoms with Gasteiger partial charge in [-0.15, -0.1) is 0 Å². The third kappa shape index (κ3) is 5.59. The molecule has 6 nitrogen and oxygen atoms in total. The number of carbonyl (C=O) groups is 1. The highest BCUT2D eigenvalue weighted by molar-refractivity contribution is 5.92. The van der Waals surface area contributed by atoms with Crippen LogP contribution in [-0.2, 0) is 4.79 Å². The van der Waals surface area contributed by atoms with Gasteiger partial charge in [-0.05, 0) is 55.0 Å². The van der Waals surface area contributed by atoms with Crippen LogP contribution in [0.15, 0.2) is 84.9 Å². The molecule has 0 aliphatic heterocycles. The maximum atomic E-state index is 12.2. The van der Waals surface area contributed by atoms with Gasteiger partial charge in [-0.1, -0.05) is 48.5 Å². The van der Waals surface area contributed by atoms with Crippen LogP contribution in [0.2, 0.25) is 0 Å². The van der Waals surface area contributed by atoms with Gasteiger partial charge in [-0.3, -0.25) is 4.79 Å². The maximum Gasteiger partial charge on any atom is 0.262 e. The average Bonchev–Trinajstić information content (AvgIpc) is 2.87. The van der Waals surface area contributed by atoms with Crippen molar-refractivity contribution in [1.82, 2.24) is 4.98 Å². The zero-order chi connectivity index (χ0) is 23.8. The smallest absolute Gasteiger partial charge is 0.262 e. The first-order valence-corrected chi connectivity index (χ1v) is 10.9. The maximum absolute atomic E-state index is 12.2. The Morgan fingerprint density at radius 3 is 2.56 bits per heavy atom. The van der Waals surface area contributed by atoms with Gasteiger partial charge < -0.3 is 14.8 Å². The second-order valence-electron chi connectivity index (χ2n) is 7.40. The molecule has 6 heteroatoms. The number of ether oxygens (including phenoxy) is 2. The van der Waals surface area contributed by atoms with Crippen LogP contribution >= 0.6 is 0 Å². The predicted octanol–water partition coefficient (Wildman–Crippen LogP) is 5.72. The fourth-order valence-electron chi connectivity index (χ4n) is 3.41. The molecule has 1 N–H and O–H groups in total. The topological polar surface area (TPSA) is 84.2 Å². The van der Waals surface area contributed by atoms with E-state index in [1.54, 1.807) is 18.2 Å². The standard InChI is InChI=1S/C28H23N3O3/c1-2-33-27-17-20(12-15-26(27)34-19-28(32)30-23-9-4-3-5-10-23)16-22(18-29)25-14-13-21-8-6-7-11-24(21)31-25/h3-17H,2,19H2,1H3,(H,30,32)/b22-16+. The Kier molecular flexibility index (Phi) is 7.16. The first-order valence-electron chi connectivity index (χ1n) is 10.9. The summed E-state index contributed by atoms with van der Waals surface area (Å²) in [6.07, 6.45) is 1.76. The van der Waals surface area contributed by atoms with Crippen molar-refractivity contribution in [2.45, 2.75) is 6.92 Å². The summed E-state index contributed by atoms with van der Waals surface area (Å²) in [6.45, 7) is 2.14. The molecule has 0 saturated heterocycles. The van der Waals surface area contributed by atoms with Crippen molar-refractivity contribution in [2.24, 2.45) is 0 Å². The molecular formula is C28H23N3O3. The molecule has 0 atom stereocenters. The number of para-hydroxylation sites is 2. The van der Waals surface area contributed by atoms with Gasteiger partial charge in [-0.25, -0.2) is 4.98 Å². The normalized spacial score (nSPS) is 11.0. The van der Waals surface area contributed by atoms with Gasteiger partial charge in [0.15, 0.2) is 18.1 Å². The Morgan fingerprint density at radius 2 is 1.76 bits per heavy atom. The van der Waals surface area contributed by atoms with E-state index < -0.39 is 0 Å². The number of fused-ring (bicyclic) bond motifs is 1. The molecule has 0 bridgehead atoms. The number of carbonyl (C=O) groups excluding carboxylic acids is 1. The van der Waals surface area contributed by atoms with E-state index >= 15 is 0 Å². The highest BCUT2D eigenvalue weighted by Crippen LogP contribution is 2.30. The molecule has 0 unspecified atom stereocenters. The summed E-state index contributed by atoms with van der Waals surface area (Å²) >= 11 is 0. The number of pyridine rings is 1. The summed E-state index contributed by atoms with van der Waals surface area (Å²) in [5, 5.41) is 13.5. The lowest BCUT2D eigenvalue weighted by Gasteiger charge is -2.13. The van der Waals surface area contributed by atoms with Crippen LogP contribution in [0.5, 0.6) is 11.5 Å². The van der Waals surface area contributed by atoms with E-state index in [4.69, 9.17) is 9.47 Å². The summed E-state index contributed by atoms with van der Waals surface area (Å²) < 4.78 is 11.4. The minimum atomic E-state index is -0.272. The van der Waals surface area contributed by atoms with Crippen molar-refractivity contribution in [3.05, 3.63) is 96.2 Å². The highest BCUT2D eigenvalue weighted by Gasteiger charge is 2.11. The molecule has 1 amide bonds. The van der Waals surface area contributed by atoms with Gasteiger partial charge in [0.1, 0.15) is 6.07 Å². The van der Waals surface area contributed by atoms with Gasteiger partial charge in [0.25, 0.3) is 5.91 Å². The van der Waals surface area contributed by atoms with E-state index in [9.17, 15) is 10.1 Å². The molecule has 0 radical (unpaired) electrons. The van der Waals surface area contributed by atoms with E-state index in [1.807, 2.05) is 79.7 Å². The Labute approximate surface area is 198 Å². The number of rotatable bonds is 8. The number of aromatic nitrogens is 1. The fourth-order valence-corrected chi connectivity index (χ4v) is 3.41. The van der Waals surface area contributed by atoms with Crippen molar-refractivity contribution < 1.29 is 14.3 Å². The third-order valence-electron chi connectivity index (χ3n) is 4.99. The van der Waals surface area contributed by atoms with Crippen LogP contribution < -0.4 is 14.8 Å². The van der Waals surface area contributed by atoms with Crippen LogP contribution in [0.4, 0.5) is 5.69 Å². The van der Waals surface area contributed by atoms with E-state index in [-0.39, 0.29) is 12.5 Å². The monoisotopic (exact) mass is 449 g/mol. The van der Waals surface area contributed by atoms with Crippen LogP contribution in [0.1, 0.15) is 18.2 Å². The van der Waals surface area contributed by atoms with Crippen LogP contribution in [0, 0.1) is 11.3 Å². The Morgan fingerprint density at radius 1 is 0.971 bits per heavy atom. The number of hydrogen-bond donors (Lipinski definition) is 1. The largest absolute Gasteiger partial charge is 0.490 e. The van der Waals surface area contributed by atoms with Crippen molar-refractivity contribution in [2.75, 3.05) is 18.5 Å². The first kappa shape index (κ1) is 22.6. The van der Waals surface area contributed by atoms with Gasteiger partial charge in [-0.2, -0.15) is 5.26 Å². The lowest BCUT2D eigenvalue weighted by Crippen LogP contribution is -2.20. The predicted molar refractivity (Wildman–Crippen MR) is 133 cm³/mol. The Bertz CT molecular complexity index is 1370. The van der Waals surface area contributed by atoms with Crippen LogP contribution in [-0.4, -0.2) is 24.1 Å². The van der Waals surface area contributed by atoms with Crippen molar-refractivity contribution in [1.29, 1.82) is 5.26 Å². The Balaban J connectivity index is 1.53. The van der Waals surface area contributed by atoms with E-state index in [0.29, 0.717) is 35.1 Å². The number of amides is 1. The lowest BCUT2D eigenvalue weighted by molar-refractivity contribution is -0.118. The number of hydrogen-bond acceptors (Lipinski definition) is 5. The molecule has 1 aromatic heterocycles.